The van der Waals surface area contributed by atoms with E-state index < -0.39 is 28.0 Å². The monoisotopic (exact) mass is 386 g/mol. The zero-order valence-electron chi connectivity index (χ0n) is 15.2. The third-order valence-corrected chi connectivity index (χ3v) is 5.77. The van der Waals surface area contributed by atoms with Crippen molar-refractivity contribution in [3.05, 3.63) is 29.8 Å². The van der Waals surface area contributed by atoms with Gasteiger partial charge in [-0.1, -0.05) is 26.0 Å². The average molecular weight is 386 g/mol. The standard InChI is InChI=1S/C16H26N4O5S/c1-4-20(5-2)26(23,24)13-8-6-12(7-9-13)10-18-16(22)19-14(11-25-3)15(17)21/h6-9,14H,4-5,10-11H2,1-3H3,(H2,17,21)(H2,18,19,22)/t14-/m1/s1. The lowest BCUT2D eigenvalue weighted by atomic mass is 10.2. The fourth-order valence-electron chi connectivity index (χ4n) is 2.25. The first-order chi connectivity index (χ1) is 12.3. The van der Waals surface area contributed by atoms with Gasteiger partial charge in [0.15, 0.2) is 0 Å². The normalized spacial score (nSPS) is 12.6. The van der Waals surface area contributed by atoms with Crippen molar-refractivity contribution in [3.8, 4) is 0 Å². The number of amides is 3. The molecule has 10 heteroatoms. The first-order valence-corrected chi connectivity index (χ1v) is 9.61. The summed E-state index contributed by atoms with van der Waals surface area (Å²) < 4.78 is 31.0. The van der Waals surface area contributed by atoms with E-state index in [1.807, 2.05) is 0 Å². The van der Waals surface area contributed by atoms with Gasteiger partial charge < -0.3 is 21.1 Å². The van der Waals surface area contributed by atoms with E-state index in [1.165, 1.54) is 23.5 Å². The van der Waals surface area contributed by atoms with Crippen molar-refractivity contribution in [1.82, 2.24) is 14.9 Å². The van der Waals surface area contributed by atoms with Crippen molar-refractivity contribution < 1.29 is 22.7 Å². The number of nitrogens with two attached hydrogens (primary N) is 1. The molecule has 1 rings (SSSR count). The first kappa shape index (κ1) is 21.9. The molecule has 0 fully saturated rings. The predicted octanol–water partition coefficient (Wildman–Crippen LogP) is 0.0166. The van der Waals surface area contributed by atoms with Crippen molar-refractivity contribution in [2.24, 2.45) is 5.73 Å². The minimum Gasteiger partial charge on any atom is -0.382 e. The molecule has 0 bridgehead atoms. The van der Waals surface area contributed by atoms with E-state index >= 15 is 0 Å². The summed E-state index contributed by atoms with van der Waals surface area (Å²) in [6.07, 6.45) is 0. The number of hydrogen-bond acceptors (Lipinski definition) is 5. The number of rotatable bonds is 10. The molecule has 0 aliphatic rings. The summed E-state index contributed by atoms with van der Waals surface area (Å²) in [5.74, 6) is -0.701. The Balaban J connectivity index is 2.68. The third kappa shape index (κ3) is 5.97. The van der Waals surface area contributed by atoms with Gasteiger partial charge in [0.2, 0.25) is 15.9 Å². The number of carbonyl (C=O) groups excluding carboxylic acids is 2. The number of carbonyl (C=O) groups is 2. The van der Waals surface area contributed by atoms with Crippen LogP contribution >= 0.6 is 0 Å². The molecule has 0 aliphatic heterocycles. The SMILES string of the molecule is CCN(CC)S(=O)(=O)c1ccc(CNC(=O)N[C@H](COC)C(N)=O)cc1. The van der Waals surface area contributed by atoms with Crippen LogP contribution in [0.5, 0.6) is 0 Å². The van der Waals surface area contributed by atoms with Gasteiger partial charge in [0.25, 0.3) is 0 Å². The van der Waals surface area contributed by atoms with Crippen LogP contribution in [0, 0.1) is 0 Å². The molecule has 0 radical (unpaired) electrons. The molecule has 1 atom stereocenters. The van der Waals surface area contributed by atoms with Crippen LogP contribution in [0.3, 0.4) is 0 Å². The molecule has 1 aromatic carbocycles. The fourth-order valence-corrected chi connectivity index (χ4v) is 3.70. The maximum absolute atomic E-state index is 12.4. The number of benzene rings is 1. The van der Waals surface area contributed by atoms with Crippen LogP contribution in [0.15, 0.2) is 29.2 Å². The second-order valence-electron chi connectivity index (χ2n) is 5.47. The quantitative estimate of drug-likeness (QED) is 0.522. The Morgan fingerprint density at radius 2 is 1.77 bits per heavy atom. The van der Waals surface area contributed by atoms with Gasteiger partial charge in [-0.15, -0.1) is 0 Å². The Hall–Kier alpha value is -2.17. The van der Waals surface area contributed by atoms with E-state index in [0.29, 0.717) is 18.7 Å². The molecule has 4 N–H and O–H groups in total. The van der Waals surface area contributed by atoms with Crippen LogP contribution in [0.1, 0.15) is 19.4 Å². The van der Waals surface area contributed by atoms with Gasteiger partial charge in [0.1, 0.15) is 6.04 Å². The number of sulfonamides is 1. The van der Waals surface area contributed by atoms with E-state index in [-0.39, 0.29) is 18.0 Å². The van der Waals surface area contributed by atoms with Crippen molar-refractivity contribution in [2.75, 3.05) is 26.8 Å². The van der Waals surface area contributed by atoms with Crippen molar-refractivity contribution in [1.29, 1.82) is 0 Å². The molecule has 0 saturated heterocycles. The third-order valence-electron chi connectivity index (χ3n) is 3.70. The van der Waals surface area contributed by atoms with E-state index in [9.17, 15) is 18.0 Å². The second-order valence-corrected chi connectivity index (χ2v) is 7.41. The highest BCUT2D eigenvalue weighted by molar-refractivity contribution is 7.89. The van der Waals surface area contributed by atoms with Crippen molar-refractivity contribution >= 4 is 22.0 Å². The second kappa shape index (κ2) is 10.1. The lowest BCUT2D eigenvalue weighted by molar-refractivity contribution is -0.120. The number of methoxy groups -OCH3 is 1. The summed E-state index contributed by atoms with van der Waals surface area (Å²) >= 11 is 0. The molecule has 3 amide bonds. The summed E-state index contributed by atoms with van der Waals surface area (Å²) in [7, 11) is -2.12. The first-order valence-electron chi connectivity index (χ1n) is 8.17. The Morgan fingerprint density at radius 3 is 2.23 bits per heavy atom. The summed E-state index contributed by atoms with van der Waals surface area (Å²) in [5, 5.41) is 4.97. The summed E-state index contributed by atoms with van der Waals surface area (Å²) in [6, 6.07) is 4.74. The largest absolute Gasteiger partial charge is 0.382 e. The summed E-state index contributed by atoms with van der Waals surface area (Å²) in [5.41, 5.74) is 5.87. The van der Waals surface area contributed by atoms with Crippen LogP contribution in [0.2, 0.25) is 0 Å². The molecule has 0 aliphatic carbocycles. The van der Waals surface area contributed by atoms with Crippen LogP contribution in [0.4, 0.5) is 4.79 Å². The minimum absolute atomic E-state index is 0.0271. The Labute approximate surface area is 153 Å². The van der Waals surface area contributed by atoms with Gasteiger partial charge in [-0.2, -0.15) is 4.31 Å². The maximum atomic E-state index is 12.4. The predicted molar refractivity (Wildman–Crippen MR) is 96.8 cm³/mol. The molecule has 146 valence electrons. The fraction of sp³-hybridized carbons (Fsp3) is 0.500. The highest BCUT2D eigenvalue weighted by Crippen LogP contribution is 2.16. The van der Waals surface area contributed by atoms with E-state index in [1.54, 1.807) is 26.0 Å². The summed E-state index contributed by atoms with van der Waals surface area (Å²) in [6.45, 7) is 4.48. The minimum atomic E-state index is -3.51. The van der Waals surface area contributed by atoms with Gasteiger partial charge in [0, 0.05) is 26.7 Å². The lowest BCUT2D eigenvalue weighted by Crippen LogP contribution is -2.50. The van der Waals surface area contributed by atoms with Gasteiger partial charge in [-0.25, -0.2) is 13.2 Å². The Bertz CT molecular complexity index is 702. The highest BCUT2D eigenvalue weighted by Gasteiger charge is 2.21. The topological polar surface area (TPSA) is 131 Å². The lowest BCUT2D eigenvalue weighted by Gasteiger charge is -2.18. The molecule has 0 spiro atoms. The average Bonchev–Trinajstić information content (AvgIpc) is 2.60. The number of primary amides is 1. The molecule has 0 saturated carbocycles. The van der Waals surface area contributed by atoms with E-state index in [2.05, 4.69) is 10.6 Å². The molecule has 9 nitrogen and oxygen atoms in total. The number of ether oxygens (including phenoxy) is 1. The van der Waals surface area contributed by atoms with Gasteiger partial charge in [-0.3, -0.25) is 4.79 Å². The zero-order chi connectivity index (χ0) is 19.7. The number of nitrogens with zero attached hydrogens (tertiary/aromatic N) is 1. The molecule has 1 aromatic rings. The van der Waals surface area contributed by atoms with Crippen LogP contribution in [-0.2, 0) is 26.1 Å². The Morgan fingerprint density at radius 1 is 1.19 bits per heavy atom. The van der Waals surface area contributed by atoms with Crippen LogP contribution in [-0.4, -0.2) is 57.5 Å². The molecule has 26 heavy (non-hydrogen) atoms. The molecular weight excluding hydrogens is 360 g/mol. The highest BCUT2D eigenvalue weighted by atomic mass is 32.2. The smallest absolute Gasteiger partial charge is 0.315 e. The number of nitrogens with one attached hydrogen (secondary N) is 2. The van der Waals surface area contributed by atoms with E-state index in [4.69, 9.17) is 10.5 Å². The Kier molecular flexibility index (Phi) is 8.49. The zero-order valence-corrected chi connectivity index (χ0v) is 16.0. The van der Waals surface area contributed by atoms with Crippen molar-refractivity contribution in [2.45, 2.75) is 31.3 Å². The molecule has 0 unspecified atom stereocenters. The number of urea groups is 1. The van der Waals surface area contributed by atoms with Gasteiger partial charge >= 0.3 is 6.03 Å². The van der Waals surface area contributed by atoms with Crippen molar-refractivity contribution in [3.63, 3.8) is 0 Å². The summed E-state index contributed by atoms with van der Waals surface area (Å²) in [4.78, 5) is 23.2. The van der Waals surface area contributed by atoms with Gasteiger partial charge in [-0.05, 0) is 17.7 Å². The maximum Gasteiger partial charge on any atom is 0.315 e. The van der Waals surface area contributed by atoms with E-state index in [0.717, 1.165) is 0 Å². The van der Waals surface area contributed by atoms with Gasteiger partial charge in [0.05, 0.1) is 11.5 Å². The molecule has 0 aromatic heterocycles. The van der Waals surface area contributed by atoms with Crippen LogP contribution < -0.4 is 16.4 Å². The van der Waals surface area contributed by atoms with Crippen LogP contribution in [0.25, 0.3) is 0 Å². The molecule has 0 heterocycles. The molecular formula is C16H26N4O5S. The number of hydrogen-bond donors (Lipinski definition) is 3.